The zero-order valence-electron chi connectivity index (χ0n) is 31.8. The molecule has 0 radical (unpaired) electrons. The minimum Gasteiger partial charge on any atom is -0.403 e. The lowest BCUT2D eigenvalue weighted by molar-refractivity contribution is -0.129. The molecule has 310 valence electrons. The van der Waals surface area contributed by atoms with E-state index in [-0.39, 0.29) is 43.8 Å². The molecule has 0 bridgehead atoms. The van der Waals surface area contributed by atoms with Gasteiger partial charge in [0.1, 0.15) is 24.7 Å². The predicted octanol–water partition coefficient (Wildman–Crippen LogP) is -3.38. The molecular formula is C34H69N9O10. The van der Waals surface area contributed by atoms with Crippen LogP contribution in [0.5, 0.6) is 0 Å². The fraction of sp³-hybridized carbons (Fsp3) is 0.824. The Labute approximate surface area is 313 Å². The fourth-order valence-electron chi connectivity index (χ4n) is 5.37. The molecule has 53 heavy (non-hydrogen) atoms. The molecule has 10 atom stereocenters. The van der Waals surface area contributed by atoms with Crippen LogP contribution in [0.3, 0.4) is 0 Å². The minimum atomic E-state index is -1.75. The Bertz CT molecular complexity index is 1090. The number of aliphatic hydroxyl groups is 6. The zero-order valence-corrected chi connectivity index (χ0v) is 31.8. The van der Waals surface area contributed by atoms with Gasteiger partial charge in [-0.25, -0.2) is 0 Å². The van der Waals surface area contributed by atoms with Gasteiger partial charge in [-0.3, -0.25) is 35.1 Å². The molecule has 0 fully saturated rings. The lowest BCUT2D eigenvalue weighted by Gasteiger charge is -2.34. The highest BCUT2D eigenvalue weighted by atomic mass is 16.3. The van der Waals surface area contributed by atoms with E-state index in [9.17, 15) is 49.8 Å². The molecule has 1 unspecified atom stereocenters. The van der Waals surface area contributed by atoms with Crippen molar-refractivity contribution in [1.29, 1.82) is 0 Å². The first-order valence-electron chi connectivity index (χ1n) is 18.6. The van der Waals surface area contributed by atoms with Crippen LogP contribution in [0.25, 0.3) is 0 Å². The number of carbonyl (C=O) groups excluding carboxylic acids is 4. The summed E-state index contributed by atoms with van der Waals surface area (Å²) in [6.45, 7) is 5.89. The van der Waals surface area contributed by atoms with Gasteiger partial charge in [0, 0.05) is 37.2 Å². The van der Waals surface area contributed by atoms with Crippen LogP contribution in [0.15, 0.2) is 11.9 Å². The highest BCUT2D eigenvalue weighted by molar-refractivity contribution is 5.83. The largest absolute Gasteiger partial charge is 0.403 e. The van der Waals surface area contributed by atoms with Crippen molar-refractivity contribution in [3.8, 4) is 0 Å². The SMILES string of the molecule is CCCCCCCC(=O)NC[C@H](O)N[C@@H](CO)C(=O)N[C@H](CCC(N)=O)[C@H](O)N[C@@H](C/C(N)=C/N)C(=O)N[C@@H](C(C)O)[C@H](O)N[C@@H](CCCC)[C@@H](C)O. The molecule has 0 heterocycles. The maximum absolute atomic E-state index is 13.6. The normalized spacial score (nSPS) is 17.7. The summed E-state index contributed by atoms with van der Waals surface area (Å²) in [6, 6.07) is -5.93. The standard InChI is InChI=1S/C34H69N9O10/c1-5-7-9-10-11-13-28(48)38-18-29(49)39-26(19-44)33(52)41-24(14-15-27(37)47)31(50)42-25(16-22(36)17-35)32(51)43-30(21(4)46)34(53)40-23(20(3)45)12-8-6-2/h17,20-21,23-26,29-31,34,39-40,42,44-46,49-50,53H,5-16,18-19,35-36H2,1-4H3,(H2,37,47)(H,38,48)(H,41,52)(H,43,51)/b22-17-/t20-,21?,23+,24-,25+,26+,29+,30+,31+,34+/m1/s1. The number of amides is 4. The van der Waals surface area contributed by atoms with Gasteiger partial charge in [0.15, 0.2) is 0 Å². The summed E-state index contributed by atoms with van der Waals surface area (Å²) in [5, 5.41) is 78.6. The lowest BCUT2D eigenvalue weighted by atomic mass is 10.0. The second kappa shape index (κ2) is 28.3. The second-order valence-electron chi connectivity index (χ2n) is 13.5. The summed E-state index contributed by atoms with van der Waals surface area (Å²) < 4.78 is 0. The fourth-order valence-corrected chi connectivity index (χ4v) is 5.37. The predicted molar refractivity (Wildman–Crippen MR) is 199 cm³/mol. The number of hydrogen-bond donors (Lipinski definition) is 15. The van der Waals surface area contributed by atoms with Crippen molar-refractivity contribution in [2.45, 2.75) is 166 Å². The number of carbonyl (C=O) groups is 4. The van der Waals surface area contributed by atoms with E-state index in [2.05, 4.69) is 38.8 Å². The molecule has 0 saturated heterocycles. The van der Waals surface area contributed by atoms with Gasteiger partial charge in [0.25, 0.3) is 0 Å². The van der Waals surface area contributed by atoms with E-state index >= 15 is 0 Å². The number of aliphatic hydroxyl groups excluding tert-OH is 6. The van der Waals surface area contributed by atoms with E-state index in [1.54, 1.807) is 6.92 Å². The van der Waals surface area contributed by atoms with E-state index in [0.29, 0.717) is 12.8 Å². The Morgan fingerprint density at radius 3 is 1.87 bits per heavy atom. The number of rotatable bonds is 31. The van der Waals surface area contributed by atoms with Gasteiger partial charge in [-0.15, -0.1) is 0 Å². The maximum Gasteiger partial charge on any atom is 0.239 e. The Kier molecular flexibility index (Phi) is 26.6. The van der Waals surface area contributed by atoms with Crippen molar-refractivity contribution in [2.75, 3.05) is 13.2 Å². The first kappa shape index (κ1) is 49.9. The number of hydrogen-bond acceptors (Lipinski definition) is 15. The number of nitrogens with one attached hydrogen (secondary N) is 6. The highest BCUT2D eigenvalue weighted by Crippen LogP contribution is 2.11. The summed E-state index contributed by atoms with van der Waals surface area (Å²) in [7, 11) is 0. The van der Waals surface area contributed by atoms with Crippen LogP contribution in [-0.2, 0) is 19.2 Å². The average molecular weight is 764 g/mol. The van der Waals surface area contributed by atoms with E-state index in [1.165, 1.54) is 6.92 Å². The Balaban J connectivity index is 5.81. The monoisotopic (exact) mass is 764 g/mol. The Morgan fingerprint density at radius 2 is 1.32 bits per heavy atom. The summed E-state index contributed by atoms with van der Waals surface area (Å²) >= 11 is 0. The molecule has 0 aromatic carbocycles. The van der Waals surface area contributed by atoms with Crippen LogP contribution in [0.1, 0.15) is 105 Å². The molecule has 0 aliphatic heterocycles. The van der Waals surface area contributed by atoms with Crippen LogP contribution in [0.4, 0.5) is 0 Å². The third kappa shape index (κ3) is 22.0. The summed E-state index contributed by atoms with van der Waals surface area (Å²) in [5.41, 5.74) is 16.8. The van der Waals surface area contributed by atoms with Gasteiger partial charge in [0.2, 0.25) is 23.6 Å². The average Bonchev–Trinajstić information content (AvgIpc) is 3.10. The lowest BCUT2D eigenvalue weighted by Crippen LogP contribution is -2.63. The number of nitrogens with two attached hydrogens (primary N) is 3. The van der Waals surface area contributed by atoms with Gasteiger partial charge in [-0.05, 0) is 33.1 Å². The van der Waals surface area contributed by atoms with Crippen molar-refractivity contribution in [3.63, 3.8) is 0 Å². The van der Waals surface area contributed by atoms with E-state index in [0.717, 1.165) is 44.7 Å². The smallest absolute Gasteiger partial charge is 0.239 e. The molecule has 0 rings (SSSR count). The van der Waals surface area contributed by atoms with Gasteiger partial charge in [-0.2, -0.15) is 0 Å². The first-order valence-corrected chi connectivity index (χ1v) is 18.6. The molecule has 18 N–H and O–H groups in total. The van der Waals surface area contributed by atoms with Crippen LogP contribution in [0, 0.1) is 0 Å². The van der Waals surface area contributed by atoms with Gasteiger partial charge in [0.05, 0.1) is 43.5 Å². The third-order valence-corrected chi connectivity index (χ3v) is 8.65. The van der Waals surface area contributed by atoms with Crippen molar-refractivity contribution < 1.29 is 49.8 Å². The number of unbranched alkanes of at least 4 members (excludes halogenated alkanes) is 5. The first-order chi connectivity index (χ1) is 25.0. The molecule has 19 heteroatoms. The van der Waals surface area contributed by atoms with Crippen LogP contribution in [0.2, 0.25) is 0 Å². The summed E-state index contributed by atoms with van der Waals surface area (Å²) in [6.07, 6.45) is 0.546. The minimum absolute atomic E-state index is 0.0192. The van der Waals surface area contributed by atoms with Crippen molar-refractivity contribution in [2.24, 2.45) is 17.2 Å². The third-order valence-electron chi connectivity index (χ3n) is 8.65. The van der Waals surface area contributed by atoms with Gasteiger partial charge in [-0.1, -0.05) is 52.4 Å². The van der Waals surface area contributed by atoms with Crippen LogP contribution < -0.4 is 49.1 Å². The summed E-state index contributed by atoms with van der Waals surface area (Å²) in [4.78, 5) is 50.5. The molecule has 19 nitrogen and oxygen atoms in total. The van der Waals surface area contributed by atoms with Crippen molar-refractivity contribution >= 4 is 23.6 Å². The van der Waals surface area contributed by atoms with Crippen LogP contribution in [-0.4, -0.2) is 129 Å². The van der Waals surface area contributed by atoms with E-state index < -0.39 is 85.4 Å². The molecule has 0 aliphatic carbocycles. The topological polar surface area (TPSA) is 340 Å². The molecule has 0 aromatic rings. The molecule has 0 spiro atoms. The highest BCUT2D eigenvalue weighted by Gasteiger charge is 2.34. The molecular weight excluding hydrogens is 694 g/mol. The second-order valence-corrected chi connectivity index (χ2v) is 13.5. The van der Waals surface area contributed by atoms with Crippen molar-refractivity contribution in [1.82, 2.24) is 31.9 Å². The van der Waals surface area contributed by atoms with Crippen molar-refractivity contribution in [3.05, 3.63) is 11.9 Å². The molecule has 4 amide bonds. The van der Waals surface area contributed by atoms with Crippen LogP contribution >= 0.6 is 0 Å². The maximum atomic E-state index is 13.6. The molecule has 0 aliphatic rings. The zero-order chi connectivity index (χ0) is 40.5. The summed E-state index contributed by atoms with van der Waals surface area (Å²) in [5.74, 6) is -2.78. The Morgan fingerprint density at radius 1 is 0.698 bits per heavy atom. The van der Waals surface area contributed by atoms with Gasteiger partial charge >= 0.3 is 0 Å². The van der Waals surface area contributed by atoms with E-state index in [4.69, 9.17) is 17.2 Å². The molecule has 0 aromatic heterocycles. The molecule has 0 saturated carbocycles. The quantitative estimate of drug-likeness (QED) is 0.0242. The number of primary amides is 1. The van der Waals surface area contributed by atoms with Gasteiger partial charge < -0.3 is 63.8 Å². The van der Waals surface area contributed by atoms with E-state index in [1.807, 2.05) is 6.92 Å². The Hall–Kier alpha value is -3.14.